The number of hydrogen-bond donors (Lipinski definition) is 1. The molecule has 4 heteroatoms. The average molecular weight is 310 g/mol. The summed E-state index contributed by atoms with van der Waals surface area (Å²) in [6, 6.07) is 22.0. The van der Waals surface area contributed by atoms with Crippen molar-refractivity contribution in [1.82, 2.24) is 14.5 Å². The van der Waals surface area contributed by atoms with E-state index in [-0.39, 0.29) is 0 Å². The molecule has 0 fully saturated rings. The zero-order valence-electron chi connectivity index (χ0n) is 12.8. The fourth-order valence-electron chi connectivity index (χ4n) is 2.66. The summed E-state index contributed by atoms with van der Waals surface area (Å²) in [5.41, 5.74) is 4.33. The third-order valence-electron chi connectivity index (χ3n) is 3.85. The molecule has 4 aromatic rings. The van der Waals surface area contributed by atoms with Gasteiger partial charge in [-0.25, -0.2) is 4.98 Å². The number of benzene rings is 2. The van der Waals surface area contributed by atoms with Gasteiger partial charge in [-0.3, -0.25) is 0 Å². The van der Waals surface area contributed by atoms with Gasteiger partial charge in [0.15, 0.2) is 0 Å². The van der Waals surface area contributed by atoms with E-state index < -0.39 is 0 Å². The van der Waals surface area contributed by atoms with Gasteiger partial charge in [0.2, 0.25) is 0 Å². The van der Waals surface area contributed by atoms with Crippen molar-refractivity contribution in [2.75, 3.05) is 0 Å². The van der Waals surface area contributed by atoms with E-state index in [9.17, 15) is 5.26 Å². The minimum absolute atomic E-state index is 0.511. The molecule has 0 aliphatic heterocycles. The minimum atomic E-state index is 0.511. The largest absolute Gasteiger partial charge is 0.337 e. The predicted molar refractivity (Wildman–Crippen MR) is 95.3 cm³/mol. The van der Waals surface area contributed by atoms with Crippen LogP contribution in [-0.2, 0) is 0 Å². The summed E-state index contributed by atoms with van der Waals surface area (Å²) in [6.07, 6.45) is 5.82. The van der Waals surface area contributed by atoms with Gasteiger partial charge in [-0.1, -0.05) is 30.3 Å². The fraction of sp³-hybridized carbons (Fsp3) is 0. The van der Waals surface area contributed by atoms with E-state index in [1.54, 1.807) is 0 Å². The number of aromatic amines is 1. The normalized spacial score (nSPS) is 11.5. The van der Waals surface area contributed by atoms with Crippen LogP contribution in [0.3, 0.4) is 0 Å². The SMILES string of the molecule is N#C/C(=C\c1ccn(-c2ccccc2)c1)c1nc2ccccc2[nH]1. The quantitative estimate of drug-likeness (QED) is 0.569. The number of imidazole rings is 1. The highest BCUT2D eigenvalue weighted by Gasteiger charge is 2.08. The molecule has 0 amide bonds. The van der Waals surface area contributed by atoms with E-state index >= 15 is 0 Å². The lowest BCUT2D eigenvalue weighted by molar-refractivity contribution is 1.08. The molecule has 0 saturated carbocycles. The lowest BCUT2D eigenvalue weighted by Crippen LogP contribution is -1.88. The molecule has 0 unspecified atom stereocenters. The Hall–Kier alpha value is -3.58. The molecule has 0 aliphatic carbocycles. The first-order chi connectivity index (χ1) is 11.8. The van der Waals surface area contributed by atoms with Crippen molar-refractivity contribution in [2.24, 2.45) is 0 Å². The number of nitriles is 1. The molecule has 4 nitrogen and oxygen atoms in total. The number of nitrogens with one attached hydrogen (secondary N) is 1. The molecule has 1 N–H and O–H groups in total. The van der Waals surface area contributed by atoms with E-state index in [1.807, 2.05) is 83.7 Å². The van der Waals surface area contributed by atoms with Gasteiger partial charge in [0.25, 0.3) is 0 Å². The second-order valence-electron chi connectivity index (χ2n) is 5.46. The summed E-state index contributed by atoms with van der Waals surface area (Å²) in [6.45, 7) is 0. The average Bonchev–Trinajstić information content (AvgIpc) is 3.27. The Morgan fingerprint density at radius 3 is 2.62 bits per heavy atom. The Bertz CT molecular complexity index is 1030. The second-order valence-corrected chi connectivity index (χ2v) is 5.46. The lowest BCUT2D eigenvalue weighted by Gasteiger charge is -2.00. The van der Waals surface area contributed by atoms with E-state index in [1.165, 1.54) is 0 Å². The first-order valence-electron chi connectivity index (χ1n) is 7.64. The molecular formula is C20H14N4. The number of H-pyrrole nitrogens is 1. The Balaban J connectivity index is 1.71. The van der Waals surface area contributed by atoms with Crippen LogP contribution in [0, 0.1) is 11.3 Å². The smallest absolute Gasteiger partial charge is 0.149 e. The van der Waals surface area contributed by atoms with E-state index in [0.717, 1.165) is 22.3 Å². The Morgan fingerprint density at radius 1 is 1.04 bits per heavy atom. The van der Waals surface area contributed by atoms with Gasteiger partial charge in [0.05, 0.1) is 16.6 Å². The molecule has 0 spiro atoms. The summed E-state index contributed by atoms with van der Waals surface area (Å²) in [7, 11) is 0. The van der Waals surface area contributed by atoms with Crippen LogP contribution in [0.1, 0.15) is 11.4 Å². The summed E-state index contributed by atoms with van der Waals surface area (Å²) >= 11 is 0. The molecule has 24 heavy (non-hydrogen) atoms. The van der Waals surface area contributed by atoms with Gasteiger partial charge in [-0.05, 0) is 42.0 Å². The maximum atomic E-state index is 9.50. The van der Waals surface area contributed by atoms with Crippen LogP contribution in [0.15, 0.2) is 73.1 Å². The highest BCUT2D eigenvalue weighted by Crippen LogP contribution is 2.20. The van der Waals surface area contributed by atoms with Crippen LogP contribution in [0.4, 0.5) is 0 Å². The van der Waals surface area contributed by atoms with Gasteiger partial charge in [-0.15, -0.1) is 0 Å². The maximum Gasteiger partial charge on any atom is 0.149 e. The van der Waals surface area contributed by atoms with Crippen LogP contribution in [-0.4, -0.2) is 14.5 Å². The van der Waals surface area contributed by atoms with Crippen molar-refractivity contribution in [3.63, 3.8) is 0 Å². The molecule has 0 aliphatic rings. The molecule has 0 radical (unpaired) electrons. The number of fused-ring (bicyclic) bond motifs is 1. The van der Waals surface area contributed by atoms with Gasteiger partial charge in [-0.2, -0.15) is 5.26 Å². The molecule has 4 rings (SSSR count). The number of nitrogens with zero attached hydrogens (tertiary/aromatic N) is 3. The first kappa shape index (κ1) is 14.0. The Labute approximate surface area is 139 Å². The third-order valence-corrected chi connectivity index (χ3v) is 3.85. The van der Waals surface area contributed by atoms with Gasteiger partial charge in [0, 0.05) is 18.1 Å². The zero-order chi connectivity index (χ0) is 16.4. The van der Waals surface area contributed by atoms with Crippen molar-refractivity contribution in [1.29, 1.82) is 5.26 Å². The molecule has 0 atom stereocenters. The summed E-state index contributed by atoms with van der Waals surface area (Å²) in [5.74, 6) is 0.589. The van der Waals surface area contributed by atoms with Crippen molar-refractivity contribution in [3.05, 3.63) is 84.4 Å². The van der Waals surface area contributed by atoms with Gasteiger partial charge < -0.3 is 9.55 Å². The Morgan fingerprint density at radius 2 is 1.83 bits per heavy atom. The highest BCUT2D eigenvalue weighted by molar-refractivity contribution is 5.90. The van der Waals surface area contributed by atoms with Crippen LogP contribution < -0.4 is 0 Å². The van der Waals surface area contributed by atoms with Crippen LogP contribution in [0.2, 0.25) is 0 Å². The zero-order valence-corrected chi connectivity index (χ0v) is 12.8. The molecule has 2 aromatic carbocycles. The number of hydrogen-bond acceptors (Lipinski definition) is 2. The molecule has 2 aromatic heterocycles. The number of rotatable bonds is 3. The molecule has 114 valence electrons. The highest BCUT2D eigenvalue weighted by atomic mass is 14.9. The van der Waals surface area contributed by atoms with Crippen LogP contribution in [0.5, 0.6) is 0 Å². The van der Waals surface area contributed by atoms with Gasteiger partial charge in [0.1, 0.15) is 11.9 Å². The molecule has 2 heterocycles. The fourth-order valence-corrected chi connectivity index (χ4v) is 2.66. The van der Waals surface area contributed by atoms with Crippen molar-refractivity contribution < 1.29 is 0 Å². The molecular weight excluding hydrogens is 296 g/mol. The lowest BCUT2D eigenvalue weighted by atomic mass is 10.2. The summed E-state index contributed by atoms with van der Waals surface area (Å²) in [4.78, 5) is 7.69. The van der Waals surface area contributed by atoms with Crippen molar-refractivity contribution in [3.8, 4) is 11.8 Å². The minimum Gasteiger partial charge on any atom is -0.337 e. The molecule has 0 saturated heterocycles. The first-order valence-corrected chi connectivity index (χ1v) is 7.64. The Kier molecular flexibility index (Phi) is 3.45. The van der Waals surface area contributed by atoms with Gasteiger partial charge >= 0.3 is 0 Å². The van der Waals surface area contributed by atoms with Crippen molar-refractivity contribution >= 4 is 22.7 Å². The van der Waals surface area contributed by atoms with E-state index in [0.29, 0.717) is 11.4 Å². The van der Waals surface area contributed by atoms with E-state index in [4.69, 9.17) is 0 Å². The maximum absolute atomic E-state index is 9.50. The van der Waals surface area contributed by atoms with Crippen molar-refractivity contribution in [2.45, 2.75) is 0 Å². The summed E-state index contributed by atoms with van der Waals surface area (Å²) < 4.78 is 2.03. The van der Waals surface area contributed by atoms with Crippen LogP contribution >= 0.6 is 0 Å². The topological polar surface area (TPSA) is 57.4 Å². The monoisotopic (exact) mass is 310 g/mol. The van der Waals surface area contributed by atoms with Crippen LogP contribution in [0.25, 0.3) is 28.4 Å². The molecule has 0 bridgehead atoms. The summed E-state index contributed by atoms with van der Waals surface area (Å²) in [5, 5.41) is 9.50. The van der Waals surface area contributed by atoms with E-state index in [2.05, 4.69) is 16.0 Å². The number of allylic oxidation sites excluding steroid dienone is 1. The predicted octanol–water partition coefficient (Wildman–Crippen LogP) is 4.42. The standard InChI is InChI=1S/C20H14N4/c21-13-16(20-22-18-8-4-5-9-19(18)23-20)12-15-10-11-24(14-15)17-6-2-1-3-7-17/h1-12,14H,(H,22,23)/b16-12+. The third kappa shape index (κ3) is 2.59. The number of para-hydroxylation sites is 3. The second kappa shape index (κ2) is 5.90. The number of aromatic nitrogens is 3.